The third kappa shape index (κ3) is 1.69. The number of hydrogen-bond donors (Lipinski definition) is 2. The van der Waals surface area contributed by atoms with Crippen LogP contribution in [0.4, 0.5) is 0 Å². The molecule has 0 aliphatic rings. The Kier molecular flexibility index (Phi) is 2.39. The van der Waals surface area contributed by atoms with E-state index >= 15 is 0 Å². The SMILES string of the molecule is CC(N)c1n[nH]c(=O)n1-c1ccccc1. The number of nitrogens with zero attached hydrogens (tertiary/aromatic N) is 2. The van der Waals surface area contributed by atoms with Gasteiger partial charge in [0.1, 0.15) is 0 Å². The van der Waals surface area contributed by atoms with Crippen LogP contribution in [-0.4, -0.2) is 14.8 Å². The molecule has 0 saturated heterocycles. The van der Waals surface area contributed by atoms with Crippen LogP contribution in [0.15, 0.2) is 35.1 Å². The van der Waals surface area contributed by atoms with Crippen molar-refractivity contribution in [2.24, 2.45) is 5.73 Å². The molecule has 0 aliphatic carbocycles. The second-order valence-corrected chi connectivity index (χ2v) is 3.35. The van der Waals surface area contributed by atoms with Crippen LogP contribution in [0.3, 0.4) is 0 Å². The monoisotopic (exact) mass is 204 g/mol. The fraction of sp³-hybridized carbons (Fsp3) is 0.200. The largest absolute Gasteiger partial charge is 0.347 e. The zero-order valence-electron chi connectivity index (χ0n) is 8.34. The summed E-state index contributed by atoms with van der Waals surface area (Å²) in [6.07, 6.45) is 0. The van der Waals surface area contributed by atoms with Gasteiger partial charge in [-0.25, -0.2) is 14.5 Å². The van der Waals surface area contributed by atoms with Gasteiger partial charge in [-0.1, -0.05) is 18.2 Å². The van der Waals surface area contributed by atoms with E-state index in [9.17, 15) is 4.79 Å². The van der Waals surface area contributed by atoms with Crippen LogP contribution < -0.4 is 11.4 Å². The molecule has 1 atom stereocenters. The van der Waals surface area contributed by atoms with E-state index in [1.165, 1.54) is 4.57 Å². The molecule has 15 heavy (non-hydrogen) atoms. The average molecular weight is 204 g/mol. The molecule has 5 heteroatoms. The Morgan fingerprint density at radius 2 is 2.07 bits per heavy atom. The average Bonchev–Trinajstić information content (AvgIpc) is 2.61. The van der Waals surface area contributed by atoms with E-state index in [0.29, 0.717) is 5.82 Å². The summed E-state index contributed by atoms with van der Waals surface area (Å²) >= 11 is 0. The van der Waals surface area contributed by atoms with Gasteiger partial charge in [0.15, 0.2) is 5.82 Å². The first-order valence-electron chi connectivity index (χ1n) is 4.68. The van der Waals surface area contributed by atoms with Crippen LogP contribution in [0.25, 0.3) is 5.69 Å². The second kappa shape index (κ2) is 3.70. The quantitative estimate of drug-likeness (QED) is 0.751. The lowest BCUT2D eigenvalue weighted by Gasteiger charge is -2.07. The van der Waals surface area contributed by atoms with E-state index in [0.717, 1.165) is 5.69 Å². The molecule has 5 nitrogen and oxygen atoms in total. The molecule has 0 bridgehead atoms. The fourth-order valence-electron chi connectivity index (χ4n) is 1.44. The van der Waals surface area contributed by atoms with Gasteiger partial charge < -0.3 is 5.73 Å². The van der Waals surface area contributed by atoms with E-state index in [1.807, 2.05) is 30.3 Å². The third-order valence-electron chi connectivity index (χ3n) is 2.12. The molecular weight excluding hydrogens is 192 g/mol. The first-order valence-corrected chi connectivity index (χ1v) is 4.68. The van der Waals surface area contributed by atoms with Crippen molar-refractivity contribution < 1.29 is 0 Å². The maximum atomic E-state index is 11.5. The predicted octanol–water partition coefficient (Wildman–Crippen LogP) is 0.580. The van der Waals surface area contributed by atoms with Crippen molar-refractivity contribution >= 4 is 0 Å². The molecule has 0 fully saturated rings. The smallest absolute Gasteiger partial charge is 0.322 e. The molecule has 0 saturated carbocycles. The lowest BCUT2D eigenvalue weighted by Crippen LogP contribution is -2.20. The second-order valence-electron chi connectivity index (χ2n) is 3.35. The molecule has 1 heterocycles. The van der Waals surface area contributed by atoms with Gasteiger partial charge in [0.25, 0.3) is 0 Å². The van der Waals surface area contributed by atoms with Crippen molar-refractivity contribution in [2.75, 3.05) is 0 Å². The number of benzene rings is 1. The fourth-order valence-corrected chi connectivity index (χ4v) is 1.44. The highest BCUT2D eigenvalue weighted by Crippen LogP contribution is 2.10. The summed E-state index contributed by atoms with van der Waals surface area (Å²) < 4.78 is 1.48. The predicted molar refractivity (Wildman–Crippen MR) is 56.8 cm³/mol. The molecule has 0 amide bonds. The lowest BCUT2D eigenvalue weighted by atomic mass is 10.3. The highest BCUT2D eigenvalue weighted by Gasteiger charge is 2.12. The van der Waals surface area contributed by atoms with Gasteiger partial charge in [-0.3, -0.25) is 0 Å². The number of nitrogens with one attached hydrogen (secondary N) is 1. The molecule has 0 radical (unpaired) electrons. The molecular formula is C10H12N4O. The van der Waals surface area contributed by atoms with E-state index < -0.39 is 0 Å². The Morgan fingerprint density at radius 3 is 2.67 bits per heavy atom. The van der Waals surface area contributed by atoms with Crippen molar-refractivity contribution in [3.63, 3.8) is 0 Å². The number of para-hydroxylation sites is 1. The molecule has 1 aromatic carbocycles. The zero-order chi connectivity index (χ0) is 10.8. The molecule has 2 rings (SSSR count). The Balaban J connectivity index is 2.62. The first kappa shape index (κ1) is 9.67. The van der Waals surface area contributed by atoms with Crippen LogP contribution in [0.2, 0.25) is 0 Å². The van der Waals surface area contributed by atoms with Crippen molar-refractivity contribution in [1.29, 1.82) is 0 Å². The molecule has 1 unspecified atom stereocenters. The van der Waals surface area contributed by atoms with Gasteiger partial charge in [-0.2, -0.15) is 5.10 Å². The van der Waals surface area contributed by atoms with E-state index in [1.54, 1.807) is 6.92 Å². The van der Waals surface area contributed by atoms with Crippen molar-refractivity contribution in [3.8, 4) is 5.69 Å². The molecule has 0 spiro atoms. The number of H-pyrrole nitrogens is 1. The molecule has 78 valence electrons. The van der Waals surface area contributed by atoms with Crippen LogP contribution in [0.1, 0.15) is 18.8 Å². The van der Waals surface area contributed by atoms with E-state index in [-0.39, 0.29) is 11.7 Å². The highest BCUT2D eigenvalue weighted by atomic mass is 16.1. The van der Waals surface area contributed by atoms with Crippen molar-refractivity contribution in [3.05, 3.63) is 46.6 Å². The lowest BCUT2D eigenvalue weighted by molar-refractivity contribution is 0.712. The summed E-state index contributed by atoms with van der Waals surface area (Å²) in [4.78, 5) is 11.5. The molecule has 2 aromatic rings. The summed E-state index contributed by atoms with van der Waals surface area (Å²) in [5, 5.41) is 6.29. The van der Waals surface area contributed by atoms with Gasteiger partial charge in [-0.05, 0) is 19.1 Å². The summed E-state index contributed by atoms with van der Waals surface area (Å²) in [6, 6.07) is 9.00. The first-order chi connectivity index (χ1) is 7.20. The Hall–Kier alpha value is -1.88. The molecule has 1 aromatic heterocycles. The maximum absolute atomic E-state index is 11.5. The summed E-state index contributed by atoms with van der Waals surface area (Å²) in [5.41, 5.74) is 6.22. The van der Waals surface area contributed by atoms with Crippen LogP contribution in [0, 0.1) is 0 Å². The van der Waals surface area contributed by atoms with Crippen LogP contribution in [-0.2, 0) is 0 Å². The van der Waals surface area contributed by atoms with Gasteiger partial charge in [0.2, 0.25) is 0 Å². The number of hydrogen-bond acceptors (Lipinski definition) is 3. The zero-order valence-corrected chi connectivity index (χ0v) is 8.34. The maximum Gasteiger partial charge on any atom is 0.347 e. The minimum atomic E-state index is -0.288. The minimum Gasteiger partial charge on any atom is -0.322 e. The van der Waals surface area contributed by atoms with Crippen LogP contribution in [0.5, 0.6) is 0 Å². The van der Waals surface area contributed by atoms with Gasteiger partial charge in [0, 0.05) is 0 Å². The van der Waals surface area contributed by atoms with Crippen molar-refractivity contribution in [1.82, 2.24) is 14.8 Å². The Morgan fingerprint density at radius 1 is 1.40 bits per heavy atom. The normalized spacial score (nSPS) is 12.7. The van der Waals surface area contributed by atoms with E-state index in [2.05, 4.69) is 10.2 Å². The van der Waals surface area contributed by atoms with Gasteiger partial charge in [-0.15, -0.1) is 0 Å². The van der Waals surface area contributed by atoms with Crippen LogP contribution >= 0.6 is 0 Å². The van der Waals surface area contributed by atoms with Gasteiger partial charge >= 0.3 is 5.69 Å². The standard InChI is InChI=1S/C10H12N4O/c1-7(11)9-12-13-10(15)14(9)8-5-3-2-4-6-8/h2-7H,11H2,1H3,(H,13,15). The highest BCUT2D eigenvalue weighted by molar-refractivity contribution is 5.32. The number of nitrogens with two attached hydrogens (primary N) is 1. The van der Waals surface area contributed by atoms with E-state index in [4.69, 9.17) is 5.73 Å². The summed E-state index contributed by atoms with van der Waals surface area (Å²) in [6.45, 7) is 1.79. The minimum absolute atomic E-state index is 0.270. The molecule has 0 aliphatic heterocycles. The number of rotatable bonds is 2. The van der Waals surface area contributed by atoms with Crippen molar-refractivity contribution in [2.45, 2.75) is 13.0 Å². The Labute approximate surface area is 86.5 Å². The Bertz CT molecular complexity index is 498. The molecule has 3 N–H and O–H groups in total. The number of aromatic nitrogens is 3. The summed E-state index contributed by atoms with van der Waals surface area (Å²) in [5.74, 6) is 0.534. The topological polar surface area (TPSA) is 76.7 Å². The van der Waals surface area contributed by atoms with Gasteiger partial charge in [0.05, 0.1) is 11.7 Å². The summed E-state index contributed by atoms with van der Waals surface area (Å²) in [7, 11) is 0. The number of aromatic amines is 1. The third-order valence-corrected chi connectivity index (χ3v) is 2.12.